The minimum absolute atomic E-state index is 0.0597. The maximum absolute atomic E-state index is 12.8. The first-order valence-electron chi connectivity index (χ1n) is 7.23. The van der Waals surface area contributed by atoms with Crippen LogP contribution in [0.1, 0.15) is 28.9 Å². The van der Waals surface area contributed by atoms with Gasteiger partial charge in [0, 0.05) is 12.6 Å². The van der Waals surface area contributed by atoms with E-state index in [9.17, 15) is 4.79 Å². The highest BCUT2D eigenvalue weighted by molar-refractivity contribution is 6.32. The molecule has 0 radical (unpaired) electrons. The third-order valence-corrected chi connectivity index (χ3v) is 4.14. The van der Waals surface area contributed by atoms with Crippen molar-refractivity contribution < 1.29 is 14.3 Å². The predicted molar refractivity (Wildman–Crippen MR) is 91.5 cm³/mol. The minimum Gasteiger partial charge on any atom is -0.493 e. The van der Waals surface area contributed by atoms with Gasteiger partial charge in [-0.2, -0.15) is 0 Å². The Balaban J connectivity index is 2.31. The summed E-state index contributed by atoms with van der Waals surface area (Å²) < 4.78 is 10.4. The number of carbonyl (C=O) groups excluding carboxylic acids is 1. The molecule has 2 rings (SSSR count). The molecule has 0 N–H and O–H groups in total. The molecule has 122 valence electrons. The molecule has 1 amide bonds. The Hall–Kier alpha value is -2.20. The highest BCUT2D eigenvalue weighted by Gasteiger charge is 2.21. The van der Waals surface area contributed by atoms with Gasteiger partial charge in [0.05, 0.1) is 25.3 Å². The van der Waals surface area contributed by atoms with E-state index in [0.717, 1.165) is 5.56 Å². The van der Waals surface area contributed by atoms with Crippen LogP contribution in [0.25, 0.3) is 0 Å². The molecule has 0 fully saturated rings. The van der Waals surface area contributed by atoms with Crippen molar-refractivity contribution in [3.05, 3.63) is 58.6 Å². The van der Waals surface area contributed by atoms with E-state index in [1.807, 2.05) is 37.3 Å². The molecular formula is C18H20ClNO3. The Bertz CT molecular complexity index is 688. The van der Waals surface area contributed by atoms with Crippen molar-refractivity contribution in [2.75, 3.05) is 21.3 Å². The van der Waals surface area contributed by atoms with Crippen LogP contribution in [-0.2, 0) is 0 Å². The summed E-state index contributed by atoms with van der Waals surface area (Å²) in [6.07, 6.45) is 0. The molecule has 4 nitrogen and oxygen atoms in total. The number of hydrogen-bond acceptors (Lipinski definition) is 3. The number of methoxy groups -OCH3 is 2. The van der Waals surface area contributed by atoms with Crippen LogP contribution in [0.5, 0.6) is 11.5 Å². The molecule has 1 unspecified atom stereocenters. The van der Waals surface area contributed by atoms with Crippen LogP contribution in [0.4, 0.5) is 0 Å². The van der Waals surface area contributed by atoms with Gasteiger partial charge < -0.3 is 14.4 Å². The summed E-state index contributed by atoms with van der Waals surface area (Å²) >= 11 is 6.18. The number of ether oxygens (including phenoxy) is 2. The standard InChI is InChI=1S/C18H20ClNO3/c1-12(13-8-6-5-7-9-13)20(2)18(21)14-10-15(19)17(23-4)16(11-14)22-3/h5-12H,1-4H3. The summed E-state index contributed by atoms with van der Waals surface area (Å²) in [6.45, 7) is 1.98. The van der Waals surface area contributed by atoms with E-state index >= 15 is 0 Å². The Morgan fingerprint density at radius 2 is 1.78 bits per heavy atom. The normalized spacial score (nSPS) is 11.7. The van der Waals surface area contributed by atoms with Crippen molar-refractivity contribution in [1.82, 2.24) is 4.90 Å². The Kier molecular flexibility index (Phi) is 5.50. The maximum Gasteiger partial charge on any atom is 0.254 e. The molecule has 0 saturated heterocycles. The Morgan fingerprint density at radius 1 is 1.13 bits per heavy atom. The van der Waals surface area contributed by atoms with E-state index in [1.54, 1.807) is 24.1 Å². The first-order valence-corrected chi connectivity index (χ1v) is 7.61. The van der Waals surface area contributed by atoms with Gasteiger partial charge in [-0.3, -0.25) is 4.79 Å². The molecule has 0 aliphatic heterocycles. The summed E-state index contributed by atoms with van der Waals surface area (Å²) in [4.78, 5) is 14.4. The number of nitrogens with zero attached hydrogens (tertiary/aromatic N) is 1. The summed E-state index contributed by atoms with van der Waals surface area (Å²) in [7, 11) is 4.79. The average molecular weight is 334 g/mol. The number of hydrogen-bond donors (Lipinski definition) is 0. The van der Waals surface area contributed by atoms with E-state index in [-0.39, 0.29) is 11.9 Å². The van der Waals surface area contributed by atoms with Crippen molar-refractivity contribution in [2.45, 2.75) is 13.0 Å². The molecule has 0 spiro atoms. The van der Waals surface area contributed by atoms with Crippen LogP contribution >= 0.6 is 11.6 Å². The highest BCUT2D eigenvalue weighted by Crippen LogP contribution is 2.36. The second-order valence-corrected chi connectivity index (χ2v) is 5.60. The van der Waals surface area contributed by atoms with Gasteiger partial charge in [-0.15, -0.1) is 0 Å². The van der Waals surface area contributed by atoms with Crippen LogP contribution < -0.4 is 9.47 Å². The largest absolute Gasteiger partial charge is 0.493 e. The third kappa shape index (κ3) is 3.59. The smallest absolute Gasteiger partial charge is 0.254 e. The first kappa shape index (κ1) is 17.2. The summed E-state index contributed by atoms with van der Waals surface area (Å²) in [5.74, 6) is 0.720. The summed E-state index contributed by atoms with van der Waals surface area (Å²) in [5, 5.41) is 0.343. The predicted octanol–water partition coefficient (Wildman–Crippen LogP) is 4.19. The number of halogens is 1. The minimum atomic E-state index is -0.135. The van der Waals surface area contributed by atoms with Gasteiger partial charge in [-0.05, 0) is 24.6 Å². The molecule has 0 saturated carbocycles. The molecule has 0 heterocycles. The quantitative estimate of drug-likeness (QED) is 0.823. The fourth-order valence-corrected chi connectivity index (χ4v) is 2.66. The van der Waals surface area contributed by atoms with E-state index < -0.39 is 0 Å². The number of rotatable bonds is 5. The lowest BCUT2D eigenvalue weighted by Crippen LogP contribution is -2.29. The Morgan fingerprint density at radius 3 is 2.35 bits per heavy atom. The maximum atomic E-state index is 12.8. The van der Waals surface area contributed by atoms with E-state index in [1.165, 1.54) is 14.2 Å². The molecule has 2 aromatic carbocycles. The summed E-state index contributed by atoms with van der Waals surface area (Å²) in [6, 6.07) is 13.0. The van der Waals surface area contributed by atoms with Crippen LogP contribution in [0.3, 0.4) is 0 Å². The van der Waals surface area contributed by atoms with E-state index in [0.29, 0.717) is 22.1 Å². The van der Waals surface area contributed by atoms with Crippen LogP contribution in [0.15, 0.2) is 42.5 Å². The molecule has 23 heavy (non-hydrogen) atoms. The second-order valence-electron chi connectivity index (χ2n) is 5.20. The van der Waals surface area contributed by atoms with Crippen LogP contribution in [0, 0.1) is 0 Å². The third-order valence-electron chi connectivity index (χ3n) is 3.86. The van der Waals surface area contributed by atoms with Crippen molar-refractivity contribution in [3.8, 4) is 11.5 Å². The molecule has 5 heteroatoms. The SMILES string of the molecule is COc1cc(C(=O)N(C)C(C)c2ccccc2)cc(Cl)c1OC. The monoisotopic (exact) mass is 333 g/mol. The fourth-order valence-electron chi connectivity index (χ4n) is 2.38. The van der Waals surface area contributed by atoms with Crippen molar-refractivity contribution in [3.63, 3.8) is 0 Å². The molecular weight excluding hydrogens is 314 g/mol. The van der Waals surface area contributed by atoms with Crippen molar-refractivity contribution in [2.24, 2.45) is 0 Å². The van der Waals surface area contributed by atoms with Gasteiger partial charge in [0.25, 0.3) is 5.91 Å². The van der Waals surface area contributed by atoms with Crippen molar-refractivity contribution >= 4 is 17.5 Å². The molecule has 2 aromatic rings. The van der Waals surface area contributed by atoms with Gasteiger partial charge in [0.2, 0.25) is 0 Å². The zero-order valence-electron chi connectivity index (χ0n) is 13.7. The second kappa shape index (κ2) is 7.38. The Labute approximate surface area is 141 Å². The molecule has 0 aromatic heterocycles. The lowest BCUT2D eigenvalue weighted by Gasteiger charge is -2.26. The number of amides is 1. The van der Waals surface area contributed by atoms with E-state index in [4.69, 9.17) is 21.1 Å². The zero-order valence-corrected chi connectivity index (χ0v) is 14.4. The molecule has 0 aliphatic carbocycles. The van der Waals surface area contributed by atoms with Gasteiger partial charge in [-0.1, -0.05) is 41.9 Å². The first-order chi connectivity index (χ1) is 11.0. The van der Waals surface area contributed by atoms with Gasteiger partial charge in [0.15, 0.2) is 11.5 Å². The lowest BCUT2D eigenvalue weighted by atomic mass is 10.1. The molecule has 0 aliphatic rings. The molecule has 0 bridgehead atoms. The molecule has 1 atom stereocenters. The highest BCUT2D eigenvalue weighted by atomic mass is 35.5. The van der Waals surface area contributed by atoms with Gasteiger partial charge in [0.1, 0.15) is 0 Å². The lowest BCUT2D eigenvalue weighted by molar-refractivity contribution is 0.0742. The average Bonchev–Trinajstić information content (AvgIpc) is 2.59. The number of carbonyl (C=O) groups is 1. The summed E-state index contributed by atoms with van der Waals surface area (Å²) in [5.41, 5.74) is 1.52. The van der Waals surface area contributed by atoms with Gasteiger partial charge in [-0.25, -0.2) is 0 Å². The topological polar surface area (TPSA) is 38.8 Å². The van der Waals surface area contributed by atoms with Crippen LogP contribution in [0.2, 0.25) is 5.02 Å². The fraction of sp³-hybridized carbons (Fsp3) is 0.278. The van der Waals surface area contributed by atoms with Crippen LogP contribution in [-0.4, -0.2) is 32.1 Å². The van der Waals surface area contributed by atoms with Gasteiger partial charge >= 0.3 is 0 Å². The zero-order chi connectivity index (χ0) is 17.0. The van der Waals surface area contributed by atoms with Crippen molar-refractivity contribution in [1.29, 1.82) is 0 Å². The number of benzene rings is 2. The van der Waals surface area contributed by atoms with E-state index in [2.05, 4.69) is 0 Å².